The van der Waals surface area contributed by atoms with Crippen molar-refractivity contribution in [2.75, 3.05) is 37.5 Å². The van der Waals surface area contributed by atoms with Crippen LogP contribution in [0.2, 0.25) is 0 Å². The lowest BCUT2D eigenvalue weighted by Gasteiger charge is -2.47. The number of hydroxylamine groups is 2. The van der Waals surface area contributed by atoms with E-state index in [-0.39, 0.29) is 6.54 Å². The van der Waals surface area contributed by atoms with Gasteiger partial charge >= 0.3 is 16.4 Å². The fourth-order valence-corrected chi connectivity index (χ4v) is 5.40. The summed E-state index contributed by atoms with van der Waals surface area (Å²) in [5, 5.41) is 62.5. The summed E-state index contributed by atoms with van der Waals surface area (Å²) in [6.45, 7) is -0.489. The number of nitrogens with zero attached hydrogens (tertiary/aromatic N) is 1. The first-order chi connectivity index (χ1) is 17.4. The molecule has 2 heterocycles. The molecule has 37 heavy (non-hydrogen) atoms. The van der Waals surface area contributed by atoms with E-state index < -0.39 is 84.3 Å². The zero-order valence-corrected chi connectivity index (χ0v) is 22.2. The molecule has 19 heteroatoms. The van der Waals surface area contributed by atoms with Crippen LogP contribution in [0, 0.1) is 0 Å². The van der Waals surface area contributed by atoms with Crippen molar-refractivity contribution in [1.29, 1.82) is 0 Å². The summed E-state index contributed by atoms with van der Waals surface area (Å²) in [4.78, 5) is 16.8. The largest absolute Gasteiger partial charge is 0.479 e. The van der Waals surface area contributed by atoms with Crippen LogP contribution in [0.25, 0.3) is 0 Å². The summed E-state index contributed by atoms with van der Waals surface area (Å²) in [5.74, 6) is 0.456. The molecule has 0 aromatic carbocycles. The molecule has 0 aromatic heterocycles. The molecule has 0 amide bonds. The molecule has 6 unspecified atom stereocenters. The molecule has 2 rings (SSSR count). The van der Waals surface area contributed by atoms with Crippen molar-refractivity contribution in [1.82, 2.24) is 5.06 Å². The Labute approximate surface area is 222 Å². The molecule has 0 bridgehead atoms. The number of thioether (sulfide) groups is 1. The first-order valence-corrected chi connectivity index (χ1v) is 14.2. The Balaban J connectivity index is 2.25. The Morgan fingerprint density at radius 3 is 2.27 bits per heavy atom. The van der Waals surface area contributed by atoms with E-state index >= 15 is 0 Å². The predicted molar refractivity (Wildman–Crippen MR) is 127 cm³/mol. The van der Waals surface area contributed by atoms with E-state index in [1.54, 1.807) is 11.8 Å². The lowest BCUT2D eigenvalue weighted by molar-refractivity contribution is -0.364. The molecule has 2 fully saturated rings. The molecule has 16 nitrogen and oxygen atoms in total. The zero-order chi connectivity index (χ0) is 27.9. The molecule has 0 aromatic rings. The number of thiol groups is 1. The highest BCUT2D eigenvalue weighted by Gasteiger charge is 2.54. The lowest BCUT2D eigenvalue weighted by Crippen LogP contribution is -2.67. The standard InChI is InChI=1S/C18H33NO15S3/c1-30-19(3-2-5-36-6-4-35)16-11(23)13(9(21)8(7-20)31-16)32-18-12(24)14(34-37(27,28)29)10(22)15(33-18)17(25)26/h8-16,18,20-24,35H,2-7H2,1H3,(H,25,26)(H,27,28,29)/t8?,9-,10-,11?,12?,13?,14?,15?,16+,18+/m0/s1. The summed E-state index contributed by atoms with van der Waals surface area (Å²) in [6.07, 6.45) is -18.2. The third-order valence-corrected chi connectivity index (χ3v) is 7.63. The molecule has 2 aliphatic heterocycles. The van der Waals surface area contributed by atoms with E-state index in [4.69, 9.17) is 23.6 Å². The van der Waals surface area contributed by atoms with Gasteiger partial charge in [-0.05, 0) is 17.9 Å². The van der Waals surface area contributed by atoms with Crippen molar-refractivity contribution >= 4 is 40.8 Å². The van der Waals surface area contributed by atoms with Crippen LogP contribution in [-0.2, 0) is 38.4 Å². The molecule has 10 atom stereocenters. The minimum Gasteiger partial charge on any atom is -0.479 e. The first-order valence-electron chi connectivity index (χ1n) is 11.0. The summed E-state index contributed by atoms with van der Waals surface area (Å²) in [6, 6.07) is 0. The highest BCUT2D eigenvalue weighted by Crippen LogP contribution is 2.31. The topological polar surface area (TPSA) is 242 Å². The first kappa shape index (κ1) is 32.8. The maximum atomic E-state index is 11.5. The molecule has 2 aliphatic rings. The van der Waals surface area contributed by atoms with Crippen molar-refractivity contribution in [3.63, 3.8) is 0 Å². The number of ether oxygens (including phenoxy) is 3. The van der Waals surface area contributed by atoms with E-state index in [2.05, 4.69) is 16.8 Å². The quantitative estimate of drug-likeness (QED) is 0.0417. The smallest absolute Gasteiger partial charge is 0.397 e. The van der Waals surface area contributed by atoms with E-state index in [0.29, 0.717) is 12.2 Å². The van der Waals surface area contributed by atoms with Crippen LogP contribution in [0.1, 0.15) is 6.42 Å². The highest BCUT2D eigenvalue weighted by atomic mass is 32.3. The average molecular weight is 600 g/mol. The van der Waals surface area contributed by atoms with Gasteiger partial charge in [-0.25, -0.2) is 8.98 Å². The van der Waals surface area contributed by atoms with Crippen LogP contribution in [0.5, 0.6) is 0 Å². The maximum Gasteiger partial charge on any atom is 0.397 e. The van der Waals surface area contributed by atoms with Crippen LogP contribution >= 0.6 is 24.4 Å². The number of aliphatic hydroxyl groups is 5. The number of carboxylic acids is 1. The Kier molecular flexibility index (Phi) is 13.2. The molecule has 7 N–H and O–H groups in total. The predicted octanol–water partition coefficient (Wildman–Crippen LogP) is -3.55. The molecule has 0 saturated carbocycles. The SMILES string of the molecule is CON(CCCSCCS)[C@@H]1OC(CO)[C@H](O)C(O[C@@H]2OC(C(=O)O)[C@@H](O)C(OS(=O)(=O)O)C2O)C1O. The third-order valence-electron chi connectivity index (χ3n) is 5.57. The molecule has 2 saturated heterocycles. The van der Waals surface area contributed by atoms with Gasteiger partial charge in [-0.2, -0.15) is 37.9 Å². The van der Waals surface area contributed by atoms with Gasteiger partial charge in [0.15, 0.2) is 18.6 Å². The van der Waals surface area contributed by atoms with E-state index in [9.17, 15) is 43.9 Å². The Bertz CT molecular complexity index is 822. The van der Waals surface area contributed by atoms with Crippen LogP contribution in [0.3, 0.4) is 0 Å². The van der Waals surface area contributed by atoms with Crippen molar-refractivity contribution in [3.05, 3.63) is 0 Å². The van der Waals surface area contributed by atoms with Gasteiger partial charge in [0.25, 0.3) is 0 Å². The zero-order valence-electron chi connectivity index (χ0n) is 19.6. The Morgan fingerprint density at radius 1 is 1.05 bits per heavy atom. The number of hydrogen-bond donors (Lipinski definition) is 8. The van der Waals surface area contributed by atoms with Crippen molar-refractivity contribution < 1.29 is 71.6 Å². The van der Waals surface area contributed by atoms with Gasteiger partial charge in [0.05, 0.1) is 13.7 Å². The van der Waals surface area contributed by atoms with Gasteiger partial charge in [-0.3, -0.25) is 9.39 Å². The van der Waals surface area contributed by atoms with E-state index in [1.165, 1.54) is 12.2 Å². The van der Waals surface area contributed by atoms with Crippen LogP contribution in [-0.4, -0.2) is 154 Å². The summed E-state index contributed by atoms with van der Waals surface area (Å²) in [7, 11) is -3.97. The van der Waals surface area contributed by atoms with Crippen LogP contribution in [0.4, 0.5) is 0 Å². The molecule has 218 valence electrons. The maximum absolute atomic E-state index is 11.5. The van der Waals surface area contributed by atoms with Crippen LogP contribution < -0.4 is 0 Å². The highest BCUT2D eigenvalue weighted by molar-refractivity contribution is 7.99. The number of hydrogen-bond acceptors (Lipinski definition) is 16. The second-order valence-electron chi connectivity index (χ2n) is 8.08. The van der Waals surface area contributed by atoms with Gasteiger partial charge in [0.2, 0.25) is 0 Å². The third kappa shape index (κ3) is 8.82. The fraction of sp³-hybridized carbons (Fsp3) is 0.944. The lowest BCUT2D eigenvalue weighted by atomic mass is 9.96. The summed E-state index contributed by atoms with van der Waals surface area (Å²) >= 11 is 5.77. The molecule has 0 aliphatic carbocycles. The second-order valence-corrected chi connectivity index (χ2v) is 10.8. The number of aliphatic carboxylic acids is 1. The average Bonchev–Trinajstić information content (AvgIpc) is 2.83. The normalized spacial score (nSPS) is 37.1. The number of aliphatic hydroxyl groups excluding tert-OH is 5. The van der Waals surface area contributed by atoms with Gasteiger partial charge in [0.1, 0.15) is 42.7 Å². The number of rotatable bonds is 14. The van der Waals surface area contributed by atoms with Gasteiger partial charge in [-0.15, -0.1) is 0 Å². The second kappa shape index (κ2) is 14.9. The van der Waals surface area contributed by atoms with Crippen molar-refractivity contribution in [2.45, 2.75) is 67.8 Å². The molecule has 0 spiro atoms. The van der Waals surface area contributed by atoms with Crippen molar-refractivity contribution in [2.24, 2.45) is 0 Å². The van der Waals surface area contributed by atoms with Gasteiger partial charge < -0.3 is 44.8 Å². The van der Waals surface area contributed by atoms with Crippen LogP contribution in [0.15, 0.2) is 0 Å². The minimum absolute atomic E-state index is 0.249. The summed E-state index contributed by atoms with van der Waals surface area (Å²) in [5.41, 5.74) is 0. The molecule has 0 radical (unpaired) electrons. The molecular weight excluding hydrogens is 566 g/mol. The monoisotopic (exact) mass is 599 g/mol. The van der Waals surface area contributed by atoms with E-state index in [1.807, 2.05) is 0 Å². The number of carboxylic acid groups (broad SMARTS) is 1. The van der Waals surface area contributed by atoms with Gasteiger partial charge in [0, 0.05) is 12.3 Å². The Morgan fingerprint density at radius 2 is 1.73 bits per heavy atom. The minimum atomic E-state index is -5.27. The van der Waals surface area contributed by atoms with E-state index in [0.717, 1.165) is 11.5 Å². The number of carbonyl (C=O) groups is 1. The fourth-order valence-electron chi connectivity index (χ4n) is 3.84. The molecular formula is C18H33NO15S3. The van der Waals surface area contributed by atoms with Crippen molar-refractivity contribution in [3.8, 4) is 0 Å². The summed E-state index contributed by atoms with van der Waals surface area (Å²) < 4.78 is 51.7. The Hall–Kier alpha value is -0.360. The van der Waals surface area contributed by atoms with Gasteiger partial charge in [-0.1, -0.05) is 0 Å².